The van der Waals surface area contributed by atoms with Crippen molar-refractivity contribution in [1.82, 2.24) is 5.01 Å². The predicted molar refractivity (Wildman–Crippen MR) is 85.9 cm³/mol. The first-order valence-corrected chi connectivity index (χ1v) is 7.40. The molecule has 2 aromatic carbocycles. The first-order chi connectivity index (χ1) is 10.8. The second-order valence-electron chi connectivity index (χ2n) is 5.31. The molecule has 0 saturated heterocycles. The van der Waals surface area contributed by atoms with Gasteiger partial charge in [-0.05, 0) is 28.8 Å². The van der Waals surface area contributed by atoms with Crippen LogP contribution in [0.15, 0.2) is 53.6 Å². The number of rotatable bonds is 5. The molecule has 22 heavy (non-hydrogen) atoms. The van der Waals surface area contributed by atoms with Gasteiger partial charge in [0.15, 0.2) is 0 Å². The van der Waals surface area contributed by atoms with E-state index in [4.69, 9.17) is 4.74 Å². The Morgan fingerprint density at radius 2 is 1.91 bits per heavy atom. The van der Waals surface area contributed by atoms with Crippen molar-refractivity contribution < 1.29 is 9.13 Å². The van der Waals surface area contributed by atoms with E-state index < -0.39 is 0 Å². The number of ether oxygens (including phenoxy) is 1. The molecule has 3 nitrogen and oxygen atoms in total. The molecule has 2 aromatic rings. The van der Waals surface area contributed by atoms with Gasteiger partial charge in [-0.1, -0.05) is 36.4 Å². The summed E-state index contributed by atoms with van der Waals surface area (Å²) < 4.78 is 18.2. The third kappa shape index (κ3) is 2.96. The number of benzene rings is 2. The van der Waals surface area contributed by atoms with E-state index in [0.717, 1.165) is 22.4 Å². The zero-order chi connectivity index (χ0) is 15.4. The van der Waals surface area contributed by atoms with Crippen LogP contribution in [-0.4, -0.2) is 25.0 Å². The van der Waals surface area contributed by atoms with Crippen LogP contribution < -0.4 is 4.74 Å². The summed E-state index contributed by atoms with van der Waals surface area (Å²) in [6, 6.07) is 15.9. The van der Waals surface area contributed by atoms with Crippen LogP contribution in [0.5, 0.6) is 5.75 Å². The summed E-state index contributed by atoms with van der Waals surface area (Å²) in [6.07, 6.45) is 2.30. The highest BCUT2D eigenvalue weighted by Gasteiger charge is 2.24. The maximum atomic E-state index is 13.0. The van der Waals surface area contributed by atoms with Crippen LogP contribution >= 0.6 is 0 Å². The van der Waals surface area contributed by atoms with Crippen LogP contribution in [0.1, 0.15) is 29.2 Å². The van der Waals surface area contributed by atoms with E-state index in [1.165, 1.54) is 0 Å². The summed E-state index contributed by atoms with van der Waals surface area (Å²) in [5.74, 6) is 0.830. The molecule has 3 rings (SSSR count). The molecule has 0 aromatic heterocycles. The number of hydrogen-bond acceptors (Lipinski definition) is 3. The van der Waals surface area contributed by atoms with E-state index in [1.807, 2.05) is 53.7 Å². The smallest absolute Gasteiger partial charge is 0.118 e. The molecule has 0 amide bonds. The van der Waals surface area contributed by atoms with Crippen LogP contribution in [0.2, 0.25) is 0 Å². The second kappa shape index (κ2) is 6.60. The highest BCUT2D eigenvalue weighted by Crippen LogP contribution is 2.31. The topological polar surface area (TPSA) is 24.8 Å². The van der Waals surface area contributed by atoms with Crippen molar-refractivity contribution in [2.75, 3.05) is 13.8 Å². The molecule has 0 fully saturated rings. The molecule has 0 saturated carbocycles. The zero-order valence-corrected chi connectivity index (χ0v) is 12.6. The Bertz CT molecular complexity index is 654. The molecular formula is C18H19FN2O. The molecule has 0 bridgehead atoms. The van der Waals surface area contributed by atoms with Gasteiger partial charge >= 0.3 is 0 Å². The Balaban J connectivity index is 1.83. The lowest BCUT2D eigenvalue weighted by molar-refractivity contribution is 0.173. The van der Waals surface area contributed by atoms with Crippen molar-refractivity contribution in [3.63, 3.8) is 0 Å². The van der Waals surface area contributed by atoms with Crippen LogP contribution in [0.25, 0.3) is 0 Å². The number of nitrogens with zero attached hydrogens (tertiary/aromatic N) is 2. The fraction of sp³-hybridized carbons (Fsp3) is 0.278. The molecule has 4 heteroatoms. The fourth-order valence-corrected chi connectivity index (χ4v) is 2.79. The van der Waals surface area contributed by atoms with Crippen molar-refractivity contribution >= 4 is 6.21 Å². The minimum absolute atomic E-state index is 0.0201. The zero-order valence-electron chi connectivity index (χ0n) is 12.6. The van der Waals surface area contributed by atoms with E-state index in [0.29, 0.717) is 13.0 Å². The van der Waals surface area contributed by atoms with Crippen LogP contribution in [0.3, 0.4) is 0 Å². The molecule has 1 aliphatic rings. The summed E-state index contributed by atoms with van der Waals surface area (Å²) in [5, 5.41) is 6.48. The van der Waals surface area contributed by atoms with Gasteiger partial charge in [0.2, 0.25) is 0 Å². The molecule has 0 N–H and O–H groups in total. The summed E-state index contributed by atoms with van der Waals surface area (Å²) in [5.41, 5.74) is 3.34. The second-order valence-corrected chi connectivity index (χ2v) is 5.31. The summed E-state index contributed by atoms with van der Waals surface area (Å²) in [4.78, 5) is 0. The largest absolute Gasteiger partial charge is 0.497 e. The van der Waals surface area contributed by atoms with Gasteiger partial charge in [0.05, 0.1) is 32.6 Å². The Morgan fingerprint density at radius 3 is 2.64 bits per heavy atom. The first-order valence-electron chi connectivity index (χ1n) is 7.40. The summed E-state index contributed by atoms with van der Waals surface area (Å²) in [6.45, 7) is 0.299. The minimum atomic E-state index is -0.354. The van der Waals surface area contributed by atoms with Crippen LogP contribution in [0.4, 0.5) is 4.39 Å². The van der Waals surface area contributed by atoms with Gasteiger partial charge in [-0.15, -0.1) is 0 Å². The molecule has 1 unspecified atom stereocenters. The quantitative estimate of drug-likeness (QED) is 0.835. The first kappa shape index (κ1) is 14.6. The van der Waals surface area contributed by atoms with Gasteiger partial charge in [-0.3, -0.25) is 9.40 Å². The number of halogens is 1. The van der Waals surface area contributed by atoms with E-state index in [1.54, 1.807) is 7.11 Å². The Hall–Kier alpha value is -2.36. The van der Waals surface area contributed by atoms with Crippen molar-refractivity contribution in [1.29, 1.82) is 0 Å². The summed E-state index contributed by atoms with van der Waals surface area (Å²) >= 11 is 0. The SMILES string of the molecule is COc1ccc(CN2N=Cc3ccccc3C2CCF)cc1. The summed E-state index contributed by atoms with van der Waals surface area (Å²) in [7, 11) is 1.65. The van der Waals surface area contributed by atoms with Gasteiger partial charge in [0.25, 0.3) is 0 Å². The van der Waals surface area contributed by atoms with Gasteiger partial charge in [0, 0.05) is 6.42 Å². The Kier molecular flexibility index (Phi) is 4.37. The number of methoxy groups -OCH3 is 1. The van der Waals surface area contributed by atoms with E-state index in [9.17, 15) is 4.39 Å². The minimum Gasteiger partial charge on any atom is -0.497 e. The number of hydrogen-bond donors (Lipinski definition) is 0. The lowest BCUT2D eigenvalue weighted by Crippen LogP contribution is -2.28. The molecule has 0 aliphatic carbocycles. The fourth-order valence-electron chi connectivity index (χ4n) is 2.79. The monoisotopic (exact) mass is 298 g/mol. The Labute approximate surface area is 130 Å². The van der Waals surface area contributed by atoms with Gasteiger partial charge in [0.1, 0.15) is 5.75 Å². The number of fused-ring (bicyclic) bond motifs is 1. The van der Waals surface area contributed by atoms with Crippen molar-refractivity contribution in [2.45, 2.75) is 19.0 Å². The molecule has 1 aliphatic heterocycles. The highest BCUT2D eigenvalue weighted by atomic mass is 19.1. The molecule has 1 atom stereocenters. The van der Waals surface area contributed by atoms with Gasteiger partial charge in [-0.2, -0.15) is 5.10 Å². The third-order valence-electron chi connectivity index (χ3n) is 3.95. The molecule has 114 valence electrons. The molecular weight excluding hydrogens is 279 g/mol. The highest BCUT2D eigenvalue weighted by molar-refractivity contribution is 5.82. The third-order valence-corrected chi connectivity index (χ3v) is 3.95. The van der Waals surface area contributed by atoms with Gasteiger partial charge in [-0.25, -0.2) is 0 Å². The molecule has 0 radical (unpaired) electrons. The van der Waals surface area contributed by atoms with Crippen molar-refractivity contribution in [3.05, 3.63) is 65.2 Å². The lowest BCUT2D eigenvalue weighted by Gasteiger charge is -2.33. The normalized spacial score (nSPS) is 16.5. The maximum absolute atomic E-state index is 13.0. The molecule has 1 heterocycles. The maximum Gasteiger partial charge on any atom is 0.118 e. The van der Waals surface area contributed by atoms with E-state index in [2.05, 4.69) is 11.2 Å². The average molecular weight is 298 g/mol. The van der Waals surface area contributed by atoms with Crippen molar-refractivity contribution in [3.8, 4) is 5.75 Å². The van der Waals surface area contributed by atoms with Crippen LogP contribution in [0, 0.1) is 0 Å². The van der Waals surface area contributed by atoms with E-state index in [-0.39, 0.29) is 12.7 Å². The van der Waals surface area contributed by atoms with Crippen molar-refractivity contribution in [2.24, 2.45) is 5.10 Å². The van der Waals surface area contributed by atoms with Gasteiger partial charge < -0.3 is 4.74 Å². The van der Waals surface area contributed by atoms with E-state index >= 15 is 0 Å². The predicted octanol–water partition coefficient (Wildman–Crippen LogP) is 3.95. The number of alkyl halides is 1. The lowest BCUT2D eigenvalue weighted by atomic mass is 9.96. The standard InChI is InChI=1S/C18H19FN2O/c1-22-16-8-6-14(7-9-16)13-21-18(10-11-19)17-5-3-2-4-15(17)12-20-21/h2-9,12,18H,10-11,13H2,1H3. The Morgan fingerprint density at radius 1 is 1.14 bits per heavy atom. The average Bonchev–Trinajstić information content (AvgIpc) is 2.58. The molecule has 0 spiro atoms. The van der Waals surface area contributed by atoms with Crippen LogP contribution in [-0.2, 0) is 6.54 Å². The number of hydrazone groups is 1.